The first-order chi connectivity index (χ1) is 46.9. The third kappa shape index (κ3) is 31.7. The van der Waals surface area contributed by atoms with Gasteiger partial charge in [0.15, 0.2) is 18.9 Å². The number of nitrogens with zero attached hydrogens (tertiary/aromatic N) is 3. The molecule has 4 fully saturated rings. The molecule has 4 aliphatic heterocycles. The fourth-order valence-corrected chi connectivity index (χ4v) is 12.1. The van der Waals surface area contributed by atoms with Crippen molar-refractivity contribution in [2.75, 3.05) is 145 Å². The zero-order valence-electron chi connectivity index (χ0n) is 56.9. The van der Waals surface area contributed by atoms with Gasteiger partial charge in [-0.25, -0.2) is 0 Å². The van der Waals surface area contributed by atoms with Crippen LogP contribution in [0.15, 0.2) is 0 Å². The molecular weight excluding hydrogens is 1350 g/mol. The summed E-state index contributed by atoms with van der Waals surface area (Å²) >= 11 is 0. The number of aliphatic hydroxyl groups is 9. The summed E-state index contributed by atoms with van der Waals surface area (Å²) in [4.78, 5) is 120. The molecule has 0 radical (unpaired) electrons. The summed E-state index contributed by atoms with van der Waals surface area (Å²) in [6.45, 7) is 4.54. The minimum absolute atomic E-state index is 0.000922. The number of carbonyl (C=O) groups is 8. The second kappa shape index (κ2) is 44.6. The molecule has 0 spiro atoms. The highest BCUT2D eigenvalue weighted by Gasteiger charge is 2.48. The summed E-state index contributed by atoms with van der Waals surface area (Å²) in [5.41, 5.74) is -1.01. The average Bonchev–Trinajstić information content (AvgIpc) is 0.830. The summed E-state index contributed by atoms with van der Waals surface area (Å²) in [5, 5.41) is 107. The number of hydrogen-bond donors (Lipinski definition) is 15. The van der Waals surface area contributed by atoms with Gasteiger partial charge in [0.2, 0.25) is 47.3 Å². The van der Waals surface area contributed by atoms with Crippen LogP contribution in [-0.2, 0) is 94.6 Å². The van der Waals surface area contributed by atoms with Gasteiger partial charge >= 0.3 is 0 Å². The molecule has 572 valence electrons. The highest BCUT2D eigenvalue weighted by Crippen LogP contribution is 2.45. The molecule has 0 bridgehead atoms. The maximum atomic E-state index is 14.0. The number of hydrogen-bond acceptors (Lipinski definition) is 31. The van der Waals surface area contributed by atoms with E-state index in [1.807, 2.05) is 0 Å². The van der Waals surface area contributed by atoms with Crippen molar-refractivity contribution in [1.82, 2.24) is 46.6 Å². The Morgan fingerprint density at radius 3 is 1.25 bits per heavy atom. The minimum Gasteiger partial charge on any atom is -0.756 e. The summed E-state index contributed by atoms with van der Waals surface area (Å²) in [6.07, 6.45) is -16.9. The molecule has 0 aliphatic carbocycles. The highest BCUT2D eigenvalue weighted by molar-refractivity contribution is 7.45. The number of rotatable bonds is 44. The molecule has 16 unspecified atom stereocenters. The number of amides is 8. The largest absolute Gasteiger partial charge is 0.756 e. The predicted octanol–water partition coefficient (Wildman–Crippen LogP) is -8.75. The minimum atomic E-state index is -4.64. The van der Waals surface area contributed by atoms with E-state index in [0.29, 0.717) is 0 Å². The highest BCUT2D eigenvalue weighted by atomic mass is 31.2. The number of aliphatic hydroxyl groups excluding tert-OH is 9. The van der Waals surface area contributed by atoms with E-state index in [-0.39, 0.29) is 163 Å². The molecule has 4 aliphatic rings. The Hall–Kier alpha value is -4.89. The van der Waals surface area contributed by atoms with Gasteiger partial charge in [-0.3, -0.25) is 47.8 Å². The maximum absolute atomic E-state index is 14.0. The lowest BCUT2D eigenvalue weighted by Crippen LogP contribution is -2.64. The van der Waals surface area contributed by atoms with E-state index in [0.717, 1.165) is 0 Å². The average molecular weight is 1450 g/mol. The van der Waals surface area contributed by atoms with Gasteiger partial charge in [-0.15, -0.1) is 0 Å². The van der Waals surface area contributed by atoms with Crippen LogP contribution < -0.4 is 36.8 Å². The van der Waals surface area contributed by atoms with E-state index < -0.39 is 179 Å². The topological polar surface area (TPSA) is 542 Å². The van der Waals surface area contributed by atoms with Crippen LogP contribution in [0.5, 0.6) is 0 Å². The molecule has 0 aromatic carbocycles. The fraction of sp³-hybridized carbons (Fsp3) is 0.864. The Morgan fingerprint density at radius 2 is 0.899 bits per heavy atom. The SMILES string of the molecule is CC(=O)NC1C(OCCOCCNC(=O)CN(CCCN(CC(=O)NCCOCCOC2OC(CO)C(O)C(O)C2NC(C)=O)C(=O)CCCC(=O)N2CCC(OP(=O)([O-])OC(C)(C)C)CC2)CC(=O)NCCOCCOC2OC(CO)C(O)C(O)C2NC(C)=O)OC(CO)C(O)C1O. The van der Waals surface area contributed by atoms with Crippen LogP contribution in [0.25, 0.3) is 0 Å². The van der Waals surface area contributed by atoms with Gasteiger partial charge in [-0.1, -0.05) is 0 Å². The molecule has 4 rings (SSSR count). The Morgan fingerprint density at radius 1 is 0.525 bits per heavy atom. The third-order valence-electron chi connectivity index (χ3n) is 15.6. The van der Waals surface area contributed by atoms with Gasteiger partial charge in [0.1, 0.15) is 73.1 Å². The van der Waals surface area contributed by atoms with Crippen molar-refractivity contribution in [1.29, 1.82) is 0 Å². The standard InChI is InChI=1S/C59H106N9O30P/c1-35(72)63-47-53(83)50(80)39(32-69)94-56(47)91-26-23-88-20-13-60-42(75)29-66(30-43(76)61-14-21-89-24-27-92-57-48(64-36(2)73)54(84)51(81)40(33-70)95-57)16-8-17-68(46(79)10-7-9-45(78)67-18-11-38(12-19-67)97-99(86,87)98-59(4,5)6)31-44(77)62-15-22-90-25-28-93-58-49(65-37(3)74)55(85)52(82)41(34-71)96-58/h38-41,47-58,69-71,80-85H,7-34H2,1-6H3,(H,60,75)(H,61,76)(H,62,77)(H,63,72)(H,64,73)(H,65,74)(H,86,87)/p-1. The lowest BCUT2D eigenvalue weighted by molar-refractivity contribution is -0.272. The number of phosphoric acid groups is 1. The van der Waals surface area contributed by atoms with Gasteiger partial charge in [-0.05, 0) is 46.5 Å². The number of nitrogens with one attached hydrogen (secondary N) is 6. The van der Waals surface area contributed by atoms with Crippen molar-refractivity contribution in [2.45, 2.75) is 184 Å². The van der Waals surface area contributed by atoms with Crippen molar-refractivity contribution in [3.05, 3.63) is 0 Å². The lowest BCUT2D eigenvalue weighted by atomic mass is 9.97. The lowest BCUT2D eigenvalue weighted by Gasteiger charge is -2.42. The molecule has 15 N–H and O–H groups in total. The van der Waals surface area contributed by atoms with Crippen LogP contribution in [0, 0.1) is 0 Å². The first kappa shape index (κ1) is 86.5. The summed E-state index contributed by atoms with van der Waals surface area (Å²) in [7, 11) is -4.64. The predicted molar refractivity (Wildman–Crippen MR) is 336 cm³/mol. The fourth-order valence-electron chi connectivity index (χ4n) is 10.8. The van der Waals surface area contributed by atoms with E-state index in [1.54, 1.807) is 20.8 Å². The Labute approximate surface area is 573 Å². The van der Waals surface area contributed by atoms with Gasteiger partial charge in [0, 0.05) is 79.4 Å². The Kier molecular flexibility index (Phi) is 39.0. The monoisotopic (exact) mass is 1450 g/mol. The zero-order chi connectivity index (χ0) is 73.4. The van der Waals surface area contributed by atoms with Crippen molar-refractivity contribution in [3.63, 3.8) is 0 Å². The van der Waals surface area contributed by atoms with Crippen LogP contribution >= 0.6 is 7.82 Å². The summed E-state index contributed by atoms with van der Waals surface area (Å²) < 4.78 is 73.2. The Balaban J connectivity index is 1.37. The normalized spacial score (nSPS) is 27.4. The molecule has 0 aromatic heterocycles. The van der Waals surface area contributed by atoms with Crippen LogP contribution in [0.1, 0.15) is 80.1 Å². The molecule has 0 saturated carbocycles. The molecule has 16 atom stereocenters. The number of piperidine rings is 1. The summed E-state index contributed by atoms with van der Waals surface area (Å²) in [5.74, 6) is -4.15. The molecule has 39 nitrogen and oxygen atoms in total. The van der Waals surface area contributed by atoms with Crippen molar-refractivity contribution < 1.29 is 145 Å². The van der Waals surface area contributed by atoms with E-state index in [1.165, 1.54) is 35.5 Å². The first-order valence-corrected chi connectivity index (χ1v) is 34.4. The van der Waals surface area contributed by atoms with Crippen LogP contribution in [-0.4, -0.2) is 356 Å². The Bertz CT molecular complexity index is 2450. The van der Waals surface area contributed by atoms with Crippen molar-refractivity contribution in [2.24, 2.45) is 0 Å². The van der Waals surface area contributed by atoms with Gasteiger partial charge < -0.3 is 144 Å². The molecule has 4 saturated heterocycles. The smallest absolute Gasteiger partial charge is 0.268 e. The van der Waals surface area contributed by atoms with Gasteiger partial charge in [0.05, 0.1) is 111 Å². The summed E-state index contributed by atoms with van der Waals surface area (Å²) in [6, 6.07) is -3.53. The molecule has 4 heterocycles. The number of likely N-dealkylation sites (tertiary alicyclic amines) is 1. The van der Waals surface area contributed by atoms with Crippen LogP contribution in [0.3, 0.4) is 0 Å². The number of phosphoric ester groups is 1. The van der Waals surface area contributed by atoms with E-state index in [2.05, 4.69) is 31.9 Å². The molecule has 99 heavy (non-hydrogen) atoms. The van der Waals surface area contributed by atoms with E-state index in [9.17, 15) is 93.8 Å². The zero-order valence-corrected chi connectivity index (χ0v) is 57.8. The number of carbonyl (C=O) groups excluding carboxylic acids is 8. The van der Waals surface area contributed by atoms with Gasteiger partial charge in [0.25, 0.3) is 7.82 Å². The third-order valence-corrected chi connectivity index (χ3v) is 16.9. The maximum Gasteiger partial charge on any atom is 0.268 e. The second-order valence-corrected chi connectivity index (χ2v) is 26.2. The van der Waals surface area contributed by atoms with Crippen LogP contribution in [0.4, 0.5) is 0 Å². The molecule has 40 heteroatoms. The molecule has 8 amide bonds. The van der Waals surface area contributed by atoms with Crippen LogP contribution in [0.2, 0.25) is 0 Å². The van der Waals surface area contributed by atoms with Crippen molar-refractivity contribution >= 4 is 55.1 Å². The molecule has 0 aromatic rings. The number of ether oxygens (including phenoxy) is 9. The van der Waals surface area contributed by atoms with Gasteiger partial charge in [-0.2, -0.15) is 0 Å². The van der Waals surface area contributed by atoms with E-state index in [4.69, 9.17) is 51.7 Å². The van der Waals surface area contributed by atoms with E-state index >= 15 is 0 Å². The van der Waals surface area contributed by atoms with Crippen molar-refractivity contribution in [3.8, 4) is 0 Å². The second-order valence-electron chi connectivity index (χ2n) is 24.9. The first-order valence-electron chi connectivity index (χ1n) is 32.9. The molecular formula is C59H105N9O30P-. The quantitative estimate of drug-likeness (QED) is 0.0199.